The Morgan fingerprint density at radius 3 is 2.65 bits per heavy atom. The van der Waals surface area contributed by atoms with E-state index in [9.17, 15) is 9.18 Å². The van der Waals surface area contributed by atoms with E-state index < -0.39 is 5.82 Å². The van der Waals surface area contributed by atoms with Gasteiger partial charge in [-0.05, 0) is 42.8 Å². The fourth-order valence-electron chi connectivity index (χ4n) is 1.82. The van der Waals surface area contributed by atoms with Crippen molar-refractivity contribution in [2.45, 2.75) is 6.92 Å². The predicted molar refractivity (Wildman–Crippen MR) is 75.0 cm³/mol. The van der Waals surface area contributed by atoms with Crippen molar-refractivity contribution in [1.82, 2.24) is 0 Å². The molecule has 100 valence electrons. The first kappa shape index (κ1) is 13.8. The van der Waals surface area contributed by atoms with Gasteiger partial charge in [-0.1, -0.05) is 12.1 Å². The summed E-state index contributed by atoms with van der Waals surface area (Å²) in [4.78, 5) is 13.7. The Balaban J connectivity index is 2.32. The zero-order valence-corrected chi connectivity index (χ0v) is 11.2. The maximum absolute atomic E-state index is 13.5. The smallest absolute Gasteiger partial charge is 0.258 e. The van der Waals surface area contributed by atoms with Crippen molar-refractivity contribution in [2.24, 2.45) is 0 Å². The largest absolute Gasteiger partial charge is 0.311 e. The first-order chi connectivity index (χ1) is 9.52. The van der Waals surface area contributed by atoms with Crippen LogP contribution >= 0.6 is 0 Å². The Labute approximate surface area is 116 Å². The topological polar surface area (TPSA) is 44.1 Å². The summed E-state index contributed by atoms with van der Waals surface area (Å²) in [7, 11) is 1.59. The van der Waals surface area contributed by atoms with Crippen molar-refractivity contribution in [2.75, 3.05) is 11.9 Å². The quantitative estimate of drug-likeness (QED) is 0.839. The molecule has 0 aliphatic heterocycles. The van der Waals surface area contributed by atoms with Crippen molar-refractivity contribution in [3.63, 3.8) is 0 Å². The summed E-state index contributed by atoms with van der Waals surface area (Å²) in [5, 5.41) is 8.86. The Morgan fingerprint density at radius 1 is 1.25 bits per heavy atom. The second kappa shape index (κ2) is 5.54. The molecule has 2 aromatic rings. The van der Waals surface area contributed by atoms with E-state index in [4.69, 9.17) is 5.26 Å². The van der Waals surface area contributed by atoms with E-state index in [0.717, 1.165) is 0 Å². The average Bonchev–Trinajstić information content (AvgIpc) is 2.48. The summed E-state index contributed by atoms with van der Waals surface area (Å²) < 4.78 is 13.5. The second-order valence-electron chi connectivity index (χ2n) is 4.49. The first-order valence-electron chi connectivity index (χ1n) is 6.07. The van der Waals surface area contributed by atoms with Crippen LogP contribution < -0.4 is 4.90 Å². The Kier molecular flexibility index (Phi) is 3.81. The predicted octanol–water partition coefficient (Wildman–Crippen LogP) is 3.28. The molecule has 0 N–H and O–H groups in total. The van der Waals surface area contributed by atoms with Gasteiger partial charge in [-0.2, -0.15) is 5.26 Å². The molecule has 0 saturated carbocycles. The van der Waals surface area contributed by atoms with Crippen LogP contribution in [-0.2, 0) is 0 Å². The molecular weight excluding hydrogens is 255 g/mol. The molecule has 0 fully saturated rings. The van der Waals surface area contributed by atoms with Crippen LogP contribution in [0, 0.1) is 24.1 Å². The summed E-state index contributed by atoms with van der Waals surface area (Å²) >= 11 is 0. The van der Waals surface area contributed by atoms with E-state index in [2.05, 4.69) is 0 Å². The maximum Gasteiger partial charge on any atom is 0.258 e. The van der Waals surface area contributed by atoms with Crippen molar-refractivity contribution in [1.29, 1.82) is 5.26 Å². The number of anilines is 1. The van der Waals surface area contributed by atoms with Crippen molar-refractivity contribution in [3.8, 4) is 6.07 Å². The fourth-order valence-corrected chi connectivity index (χ4v) is 1.82. The Morgan fingerprint density at radius 2 is 2.00 bits per heavy atom. The van der Waals surface area contributed by atoms with Crippen LogP contribution in [0.1, 0.15) is 21.5 Å². The summed E-state index contributed by atoms with van der Waals surface area (Å²) in [5.74, 6) is -0.728. The number of hydrogen-bond donors (Lipinski definition) is 0. The number of halogens is 1. The molecule has 0 aliphatic carbocycles. The molecule has 0 saturated heterocycles. The van der Waals surface area contributed by atoms with Crippen LogP contribution in [0.15, 0.2) is 42.5 Å². The zero-order valence-electron chi connectivity index (χ0n) is 11.2. The minimum absolute atomic E-state index is 0.276. The number of nitriles is 1. The number of benzene rings is 2. The Hall–Kier alpha value is -2.67. The van der Waals surface area contributed by atoms with Crippen LogP contribution in [0.25, 0.3) is 0 Å². The van der Waals surface area contributed by atoms with E-state index in [1.165, 1.54) is 11.0 Å². The lowest BCUT2D eigenvalue weighted by atomic mass is 10.1. The molecule has 0 spiro atoms. The van der Waals surface area contributed by atoms with Gasteiger partial charge >= 0.3 is 0 Å². The van der Waals surface area contributed by atoms with Crippen LogP contribution in [0.4, 0.5) is 10.1 Å². The first-order valence-corrected chi connectivity index (χ1v) is 6.07. The van der Waals surface area contributed by atoms with Gasteiger partial charge in [0.2, 0.25) is 0 Å². The lowest BCUT2D eigenvalue weighted by Crippen LogP contribution is -2.26. The molecule has 0 bridgehead atoms. The third kappa shape index (κ3) is 2.67. The molecule has 0 radical (unpaired) electrons. The molecule has 0 aromatic heterocycles. The minimum atomic E-state index is -0.407. The number of aryl methyl sites for hydroxylation is 1. The molecule has 1 amide bonds. The molecular formula is C16H13FN2O. The second-order valence-corrected chi connectivity index (χ2v) is 4.49. The van der Waals surface area contributed by atoms with Crippen molar-refractivity contribution in [3.05, 3.63) is 65.0 Å². The number of hydrogen-bond acceptors (Lipinski definition) is 2. The zero-order chi connectivity index (χ0) is 14.7. The molecule has 20 heavy (non-hydrogen) atoms. The number of carbonyl (C=O) groups is 1. The van der Waals surface area contributed by atoms with Gasteiger partial charge in [-0.15, -0.1) is 0 Å². The number of nitrogens with zero attached hydrogens (tertiary/aromatic N) is 2. The minimum Gasteiger partial charge on any atom is -0.311 e. The van der Waals surface area contributed by atoms with E-state index in [1.54, 1.807) is 50.4 Å². The normalized spacial score (nSPS) is 9.90. The summed E-state index contributed by atoms with van der Waals surface area (Å²) in [6, 6.07) is 13.1. The Bertz CT molecular complexity index is 704. The van der Waals surface area contributed by atoms with Gasteiger partial charge in [0.15, 0.2) is 0 Å². The molecule has 0 atom stereocenters. The van der Waals surface area contributed by atoms with Crippen LogP contribution in [0.3, 0.4) is 0 Å². The lowest BCUT2D eigenvalue weighted by molar-refractivity contribution is 0.0992. The molecule has 0 heterocycles. The molecule has 3 nitrogen and oxygen atoms in total. The van der Waals surface area contributed by atoms with E-state index in [1.807, 2.05) is 6.07 Å². The summed E-state index contributed by atoms with van der Waals surface area (Å²) in [6.07, 6.45) is 0. The molecule has 4 heteroatoms. The number of rotatable bonds is 2. The van der Waals surface area contributed by atoms with Gasteiger partial charge in [0, 0.05) is 18.3 Å². The lowest BCUT2D eigenvalue weighted by Gasteiger charge is -2.17. The summed E-state index contributed by atoms with van der Waals surface area (Å²) in [5.41, 5.74) is 1.83. The van der Waals surface area contributed by atoms with E-state index >= 15 is 0 Å². The van der Waals surface area contributed by atoms with E-state index in [-0.39, 0.29) is 11.5 Å². The van der Waals surface area contributed by atoms with Gasteiger partial charge < -0.3 is 4.90 Å². The maximum atomic E-state index is 13.5. The highest BCUT2D eigenvalue weighted by molar-refractivity contribution is 6.05. The number of carbonyl (C=O) groups excluding carboxylic acids is 1. The molecule has 0 unspecified atom stereocenters. The van der Waals surface area contributed by atoms with Gasteiger partial charge in [-0.3, -0.25) is 4.79 Å². The van der Waals surface area contributed by atoms with Gasteiger partial charge in [-0.25, -0.2) is 4.39 Å². The van der Waals surface area contributed by atoms with Gasteiger partial charge in [0.05, 0.1) is 11.6 Å². The molecule has 2 rings (SSSR count). The third-order valence-electron chi connectivity index (χ3n) is 3.09. The van der Waals surface area contributed by atoms with Crippen LogP contribution in [-0.4, -0.2) is 13.0 Å². The number of amides is 1. The molecule has 2 aromatic carbocycles. The fraction of sp³-hybridized carbons (Fsp3) is 0.125. The highest BCUT2D eigenvalue weighted by atomic mass is 19.1. The summed E-state index contributed by atoms with van der Waals surface area (Å²) in [6.45, 7) is 1.64. The van der Waals surface area contributed by atoms with Crippen molar-refractivity contribution >= 4 is 11.6 Å². The van der Waals surface area contributed by atoms with Gasteiger partial charge in [0.1, 0.15) is 5.82 Å². The third-order valence-corrected chi connectivity index (χ3v) is 3.09. The van der Waals surface area contributed by atoms with Crippen molar-refractivity contribution < 1.29 is 9.18 Å². The molecule has 0 aliphatic rings. The highest BCUT2D eigenvalue weighted by Crippen LogP contribution is 2.18. The monoisotopic (exact) mass is 268 g/mol. The standard InChI is InChI=1S/C16H13FN2O/c1-11-6-7-13(9-15(11)17)16(20)19(2)14-5-3-4-12(8-14)10-18/h3-9H,1-2H3. The highest BCUT2D eigenvalue weighted by Gasteiger charge is 2.15. The van der Waals surface area contributed by atoms with Crippen LogP contribution in [0.5, 0.6) is 0 Å². The SMILES string of the molecule is Cc1ccc(C(=O)N(C)c2cccc(C#N)c2)cc1F. The average molecular weight is 268 g/mol. The van der Waals surface area contributed by atoms with Gasteiger partial charge in [0.25, 0.3) is 5.91 Å². The van der Waals surface area contributed by atoms with Crippen LogP contribution in [0.2, 0.25) is 0 Å². The van der Waals surface area contributed by atoms with E-state index in [0.29, 0.717) is 16.8 Å².